The fraction of sp³-hybridized carbons (Fsp3) is 0.231. The number of aryl methyl sites for hydroxylation is 1. The molecule has 0 aromatic carbocycles. The molecule has 2 aromatic rings. The third-order valence-corrected chi connectivity index (χ3v) is 4.06. The molecule has 2 aromatic heterocycles. The molecule has 2 heterocycles. The fourth-order valence-electron chi connectivity index (χ4n) is 1.82. The van der Waals surface area contributed by atoms with Crippen molar-refractivity contribution in [1.82, 2.24) is 10.3 Å². The van der Waals surface area contributed by atoms with Gasteiger partial charge < -0.3 is 11.1 Å². The molecule has 0 radical (unpaired) electrons. The highest BCUT2D eigenvalue weighted by molar-refractivity contribution is 7.12. The fourth-order valence-corrected chi connectivity index (χ4v) is 2.70. The van der Waals surface area contributed by atoms with Crippen molar-refractivity contribution in [1.29, 1.82) is 0 Å². The largest absolute Gasteiger partial charge is 0.384 e. The maximum absolute atomic E-state index is 12.2. The summed E-state index contributed by atoms with van der Waals surface area (Å²) in [4.78, 5) is 28.3. The van der Waals surface area contributed by atoms with Gasteiger partial charge in [0.2, 0.25) is 0 Å². The predicted octanol–water partition coefficient (Wildman–Crippen LogP) is 2.43. The molecular weight excluding hydrogens is 292 g/mol. The number of pyridine rings is 1. The van der Waals surface area contributed by atoms with Crippen molar-refractivity contribution in [2.45, 2.75) is 19.9 Å². The predicted molar refractivity (Wildman–Crippen MR) is 80.2 cm³/mol. The Labute approximate surface area is 125 Å². The van der Waals surface area contributed by atoms with Crippen LogP contribution < -0.4 is 11.1 Å². The van der Waals surface area contributed by atoms with Gasteiger partial charge in [-0.2, -0.15) is 0 Å². The van der Waals surface area contributed by atoms with Crippen LogP contribution in [0.3, 0.4) is 0 Å². The average Bonchev–Trinajstić information content (AvgIpc) is 2.85. The minimum absolute atomic E-state index is 0.0605. The molecule has 0 aliphatic carbocycles. The number of nitrogens with two attached hydrogens (primary N) is 1. The van der Waals surface area contributed by atoms with Crippen LogP contribution in [0.15, 0.2) is 24.4 Å². The first-order chi connectivity index (χ1) is 9.88. The number of carbonyl (C=O) groups excluding carboxylic acids is 1. The molecule has 0 fully saturated rings. The molecular formula is C13H14N4O3S. The van der Waals surface area contributed by atoms with Crippen molar-refractivity contribution >= 4 is 28.7 Å². The number of carbonyl (C=O) groups is 1. The van der Waals surface area contributed by atoms with Crippen LogP contribution in [0.4, 0.5) is 11.5 Å². The van der Waals surface area contributed by atoms with Crippen LogP contribution in [0, 0.1) is 17.0 Å². The monoisotopic (exact) mass is 306 g/mol. The van der Waals surface area contributed by atoms with Crippen LogP contribution in [-0.2, 0) is 0 Å². The van der Waals surface area contributed by atoms with E-state index in [0.29, 0.717) is 0 Å². The molecule has 21 heavy (non-hydrogen) atoms. The van der Waals surface area contributed by atoms with E-state index in [1.54, 1.807) is 11.3 Å². The molecule has 2 rings (SSSR count). The van der Waals surface area contributed by atoms with Gasteiger partial charge in [0, 0.05) is 9.75 Å². The van der Waals surface area contributed by atoms with Crippen molar-refractivity contribution < 1.29 is 9.72 Å². The highest BCUT2D eigenvalue weighted by atomic mass is 32.1. The molecule has 0 bridgehead atoms. The maximum atomic E-state index is 12.2. The van der Waals surface area contributed by atoms with Crippen molar-refractivity contribution in [3.05, 3.63) is 49.8 Å². The lowest BCUT2D eigenvalue weighted by atomic mass is 10.2. The Kier molecular flexibility index (Phi) is 4.18. The lowest BCUT2D eigenvalue weighted by Crippen LogP contribution is -2.27. The Hall–Kier alpha value is -2.48. The zero-order chi connectivity index (χ0) is 15.6. The van der Waals surface area contributed by atoms with Crippen LogP contribution in [0.1, 0.15) is 33.1 Å². The van der Waals surface area contributed by atoms with E-state index >= 15 is 0 Å². The van der Waals surface area contributed by atoms with Crippen molar-refractivity contribution in [3.8, 4) is 0 Å². The molecule has 110 valence electrons. The number of nitrogen functional groups attached to an aromatic ring is 1. The van der Waals surface area contributed by atoms with E-state index in [1.165, 1.54) is 6.07 Å². The third-order valence-electron chi connectivity index (χ3n) is 2.88. The molecule has 1 amide bonds. The van der Waals surface area contributed by atoms with Crippen molar-refractivity contribution in [3.63, 3.8) is 0 Å². The quantitative estimate of drug-likeness (QED) is 0.665. The first-order valence-electron chi connectivity index (χ1n) is 6.15. The van der Waals surface area contributed by atoms with Crippen molar-refractivity contribution in [2.75, 3.05) is 5.73 Å². The second-order valence-corrected chi connectivity index (χ2v) is 5.85. The Morgan fingerprint density at radius 1 is 1.52 bits per heavy atom. The second kappa shape index (κ2) is 5.88. The normalized spacial score (nSPS) is 11.9. The average molecular weight is 306 g/mol. The van der Waals surface area contributed by atoms with Gasteiger partial charge in [0.05, 0.1) is 11.0 Å². The number of aromatic nitrogens is 1. The number of anilines is 1. The van der Waals surface area contributed by atoms with Gasteiger partial charge >= 0.3 is 0 Å². The van der Waals surface area contributed by atoms with Crippen LogP contribution in [-0.4, -0.2) is 15.8 Å². The van der Waals surface area contributed by atoms with Gasteiger partial charge in [-0.3, -0.25) is 14.9 Å². The molecule has 8 heteroatoms. The number of nitrogens with zero attached hydrogens (tertiary/aromatic N) is 2. The highest BCUT2D eigenvalue weighted by Crippen LogP contribution is 2.24. The topological polar surface area (TPSA) is 111 Å². The standard InChI is InChI=1S/C13H14N4O3S/c1-7-3-4-11(21-7)8(2)16-13(18)9-5-12(14)15-6-10(9)17(19)20/h3-6,8H,1-2H3,(H2,14,15)(H,16,18). The van der Waals surface area contributed by atoms with Gasteiger partial charge in [-0.25, -0.2) is 4.98 Å². The Morgan fingerprint density at radius 3 is 2.81 bits per heavy atom. The zero-order valence-corrected chi connectivity index (χ0v) is 12.3. The highest BCUT2D eigenvalue weighted by Gasteiger charge is 2.23. The van der Waals surface area contributed by atoms with E-state index in [1.807, 2.05) is 26.0 Å². The molecule has 1 atom stereocenters. The minimum atomic E-state index is -0.651. The number of hydrogen-bond donors (Lipinski definition) is 2. The number of thiophene rings is 1. The molecule has 7 nitrogen and oxygen atoms in total. The summed E-state index contributed by atoms with van der Waals surface area (Å²) in [7, 11) is 0. The summed E-state index contributed by atoms with van der Waals surface area (Å²) < 4.78 is 0. The Morgan fingerprint density at radius 2 is 2.24 bits per heavy atom. The van der Waals surface area contributed by atoms with E-state index in [9.17, 15) is 14.9 Å². The van der Waals surface area contributed by atoms with Crippen LogP contribution in [0.25, 0.3) is 0 Å². The number of nitrogens with one attached hydrogen (secondary N) is 1. The molecule has 3 N–H and O–H groups in total. The van der Waals surface area contributed by atoms with Crippen molar-refractivity contribution in [2.24, 2.45) is 0 Å². The first kappa shape index (κ1) is 14.9. The molecule has 0 saturated heterocycles. The third kappa shape index (κ3) is 3.34. The summed E-state index contributed by atoms with van der Waals surface area (Å²) in [6.07, 6.45) is 0.990. The van der Waals surface area contributed by atoms with E-state index in [4.69, 9.17) is 5.73 Å². The van der Waals surface area contributed by atoms with E-state index in [0.717, 1.165) is 16.0 Å². The number of nitro groups is 1. The van der Waals surface area contributed by atoms with Gasteiger partial charge in [0.25, 0.3) is 11.6 Å². The van der Waals surface area contributed by atoms with Gasteiger partial charge in [0.1, 0.15) is 17.6 Å². The Bertz CT molecular complexity index is 698. The summed E-state index contributed by atoms with van der Waals surface area (Å²) in [5.41, 5.74) is 5.04. The van der Waals surface area contributed by atoms with Crippen LogP contribution in [0.5, 0.6) is 0 Å². The van der Waals surface area contributed by atoms with Crippen LogP contribution >= 0.6 is 11.3 Å². The number of rotatable bonds is 4. The number of amides is 1. The first-order valence-corrected chi connectivity index (χ1v) is 6.97. The lowest BCUT2D eigenvalue weighted by molar-refractivity contribution is -0.385. The van der Waals surface area contributed by atoms with E-state index < -0.39 is 10.8 Å². The molecule has 0 spiro atoms. The van der Waals surface area contributed by atoms with Gasteiger partial charge in [-0.1, -0.05) is 0 Å². The van der Waals surface area contributed by atoms with Gasteiger partial charge in [-0.05, 0) is 32.0 Å². The summed E-state index contributed by atoms with van der Waals surface area (Å²) in [5.74, 6) is -0.486. The van der Waals surface area contributed by atoms with Gasteiger partial charge in [-0.15, -0.1) is 11.3 Å². The van der Waals surface area contributed by atoms with Crippen LogP contribution in [0.2, 0.25) is 0 Å². The molecule has 0 saturated carbocycles. The summed E-state index contributed by atoms with van der Waals surface area (Å²) in [6.45, 7) is 3.79. The summed E-state index contributed by atoms with van der Waals surface area (Å²) in [5, 5.41) is 13.7. The number of hydrogen-bond acceptors (Lipinski definition) is 6. The van der Waals surface area contributed by atoms with E-state index in [2.05, 4.69) is 10.3 Å². The zero-order valence-electron chi connectivity index (χ0n) is 11.5. The molecule has 0 aliphatic heterocycles. The Balaban J connectivity index is 2.24. The summed E-state index contributed by atoms with van der Waals surface area (Å²) >= 11 is 1.56. The maximum Gasteiger partial charge on any atom is 0.300 e. The molecule has 0 aliphatic rings. The van der Waals surface area contributed by atoms with Gasteiger partial charge in [0.15, 0.2) is 0 Å². The van der Waals surface area contributed by atoms with E-state index in [-0.39, 0.29) is 23.1 Å². The lowest BCUT2D eigenvalue weighted by Gasteiger charge is -2.12. The molecule has 1 unspecified atom stereocenters. The SMILES string of the molecule is Cc1ccc(C(C)NC(=O)c2cc(N)ncc2[N+](=O)[O-])s1. The smallest absolute Gasteiger partial charge is 0.300 e. The minimum Gasteiger partial charge on any atom is -0.384 e. The second-order valence-electron chi connectivity index (χ2n) is 4.53. The summed E-state index contributed by atoms with van der Waals surface area (Å²) in [6, 6.07) is 4.83.